The summed E-state index contributed by atoms with van der Waals surface area (Å²) in [5, 5.41) is 3.61. The van der Waals surface area contributed by atoms with Gasteiger partial charge in [-0.25, -0.2) is 0 Å². The molecule has 1 atom stereocenters. The highest BCUT2D eigenvalue weighted by atomic mass is 16.5. The lowest BCUT2D eigenvalue weighted by Crippen LogP contribution is -2.22. The van der Waals surface area contributed by atoms with Crippen molar-refractivity contribution in [2.45, 2.75) is 59.4 Å². The fraction of sp³-hybridized carbons (Fsp3) is 0.647. The molecule has 2 nitrogen and oxygen atoms in total. The highest BCUT2D eigenvalue weighted by Gasteiger charge is 2.17. The average molecular weight is 263 g/mol. The zero-order valence-electron chi connectivity index (χ0n) is 13.2. The topological polar surface area (TPSA) is 21.3 Å². The third-order valence-electron chi connectivity index (χ3n) is 3.61. The molecule has 0 radical (unpaired) electrons. The molecule has 0 aromatic heterocycles. The van der Waals surface area contributed by atoms with E-state index in [-0.39, 0.29) is 0 Å². The van der Waals surface area contributed by atoms with Crippen LogP contribution in [0.4, 0.5) is 0 Å². The lowest BCUT2D eigenvalue weighted by Gasteiger charge is -2.23. The van der Waals surface area contributed by atoms with Gasteiger partial charge in [0.2, 0.25) is 0 Å². The molecule has 0 amide bonds. The van der Waals surface area contributed by atoms with Crippen LogP contribution in [0.3, 0.4) is 0 Å². The minimum Gasteiger partial charge on any atom is -0.496 e. The smallest absolute Gasteiger partial charge is 0.124 e. The van der Waals surface area contributed by atoms with Crippen molar-refractivity contribution in [1.82, 2.24) is 5.32 Å². The number of unbranched alkanes of at least 4 members (excludes halogenated alkanes) is 2. The molecule has 0 saturated carbocycles. The summed E-state index contributed by atoms with van der Waals surface area (Å²) >= 11 is 0. The van der Waals surface area contributed by atoms with E-state index in [4.69, 9.17) is 4.74 Å². The predicted molar refractivity (Wildman–Crippen MR) is 83.0 cm³/mol. The summed E-state index contributed by atoms with van der Waals surface area (Å²) in [5.41, 5.74) is 3.94. The Kier molecular flexibility index (Phi) is 6.93. The summed E-state index contributed by atoms with van der Waals surface area (Å²) < 4.78 is 5.60. The van der Waals surface area contributed by atoms with Gasteiger partial charge in [0.1, 0.15) is 5.75 Å². The van der Waals surface area contributed by atoms with E-state index in [1.807, 2.05) is 0 Å². The van der Waals surface area contributed by atoms with E-state index >= 15 is 0 Å². The Morgan fingerprint density at radius 2 is 1.89 bits per heavy atom. The van der Waals surface area contributed by atoms with E-state index in [1.54, 1.807) is 7.11 Å². The summed E-state index contributed by atoms with van der Waals surface area (Å²) in [6.45, 7) is 9.73. The number of benzene rings is 1. The number of hydrogen-bond donors (Lipinski definition) is 1. The molecule has 0 saturated heterocycles. The van der Waals surface area contributed by atoms with Gasteiger partial charge in [-0.3, -0.25) is 0 Å². The molecule has 0 bridgehead atoms. The Bertz CT molecular complexity index is 387. The van der Waals surface area contributed by atoms with Gasteiger partial charge in [-0.15, -0.1) is 0 Å². The second kappa shape index (κ2) is 8.21. The van der Waals surface area contributed by atoms with Crippen molar-refractivity contribution in [3.63, 3.8) is 0 Å². The first-order valence-corrected chi connectivity index (χ1v) is 7.52. The number of nitrogens with one attached hydrogen (secondary N) is 1. The summed E-state index contributed by atoms with van der Waals surface area (Å²) in [4.78, 5) is 0. The van der Waals surface area contributed by atoms with Crippen molar-refractivity contribution in [2.24, 2.45) is 0 Å². The van der Waals surface area contributed by atoms with Crippen molar-refractivity contribution in [1.29, 1.82) is 0 Å². The van der Waals surface area contributed by atoms with Crippen molar-refractivity contribution < 1.29 is 4.74 Å². The molecular weight excluding hydrogens is 234 g/mol. The summed E-state index contributed by atoms with van der Waals surface area (Å²) in [6.07, 6.45) is 5.02. The molecule has 0 heterocycles. The van der Waals surface area contributed by atoms with Gasteiger partial charge < -0.3 is 10.1 Å². The molecular formula is C17H29NO. The highest BCUT2D eigenvalue weighted by Crippen LogP contribution is 2.32. The first-order valence-electron chi connectivity index (χ1n) is 7.52. The second-order valence-electron chi connectivity index (χ2n) is 5.30. The number of hydrogen-bond acceptors (Lipinski definition) is 2. The SMILES string of the molecule is CCCCCC(NCC)c1c(C)cc(C)cc1OC. The van der Waals surface area contributed by atoms with Gasteiger partial charge in [0.15, 0.2) is 0 Å². The molecule has 0 aliphatic heterocycles. The summed E-state index contributed by atoms with van der Waals surface area (Å²) in [5.74, 6) is 1.03. The van der Waals surface area contributed by atoms with Gasteiger partial charge >= 0.3 is 0 Å². The van der Waals surface area contributed by atoms with Crippen LogP contribution < -0.4 is 10.1 Å². The van der Waals surface area contributed by atoms with Crippen LogP contribution in [0, 0.1) is 13.8 Å². The van der Waals surface area contributed by atoms with Crippen molar-refractivity contribution in [3.05, 3.63) is 28.8 Å². The maximum absolute atomic E-state index is 5.60. The fourth-order valence-corrected chi connectivity index (χ4v) is 2.75. The third-order valence-corrected chi connectivity index (χ3v) is 3.61. The van der Waals surface area contributed by atoms with E-state index in [9.17, 15) is 0 Å². The Hall–Kier alpha value is -1.02. The quantitative estimate of drug-likeness (QED) is 0.695. The zero-order chi connectivity index (χ0) is 14.3. The van der Waals surface area contributed by atoms with Gasteiger partial charge in [0.25, 0.3) is 0 Å². The number of aryl methyl sites for hydroxylation is 2. The van der Waals surface area contributed by atoms with Gasteiger partial charge in [-0.2, -0.15) is 0 Å². The summed E-state index contributed by atoms with van der Waals surface area (Å²) in [7, 11) is 1.77. The Labute approximate surface area is 118 Å². The maximum atomic E-state index is 5.60. The molecule has 0 aliphatic rings. The van der Waals surface area contributed by atoms with Crippen molar-refractivity contribution in [2.75, 3.05) is 13.7 Å². The van der Waals surface area contributed by atoms with E-state index in [1.165, 1.54) is 42.4 Å². The van der Waals surface area contributed by atoms with Crippen LogP contribution in [0.15, 0.2) is 12.1 Å². The maximum Gasteiger partial charge on any atom is 0.124 e. The zero-order valence-corrected chi connectivity index (χ0v) is 13.2. The standard InChI is InChI=1S/C17H29NO/c1-6-8-9-10-15(18-7-2)17-14(4)11-13(3)12-16(17)19-5/h11-12,15,18H,6-10H2,1-5H3. The minimum atomic E-state index is 0.409. The number of methoxy groups -OCH3 is 1. The average Bonchev–Trinajstić information content (AvgIpc) is 2.37. The molecule has 1 aromatic carbocycles. The highest BCUT2D eigenvalue weighted by molar-refractivity contribution is 5.45. The Morgan fingerprint density at radius 3 is 2.47 bits per heavy atom. The van der Waals surface area contributed by atoms with E-state index in [2.05, 4.69) is 45.1 Å². The normalized spacial score (nSPS) is 12.5. The van der Waals surface area contributed by atoms with E-state index in [0.29, 0.717) is 6.04 Å². The van der Waals surface area contributed by atoms with Gasteiger partial charge in [-0.05, 0) is 44.0 Å². The minimum absolute atomic E-state index is 0.409. The second-order valence-corrected chi connectivity index (χ2v) is 5.30. The predicted octanol–water partition coefficient (Wildman–Crippen LogP) is 4.54. The molecule has 1 unspecified atom stereocenters. The monoisotopic (exact) mass is 263 g/mol. The van der Waals surface area contributed by atoms with Crippen LogP contribution in [-0.2, 0) is 0 Å². The van der Waals surface area contributed by atoms with Crippen LogP contribution in [0.1, 0.15) is 62.3 Å². The molecule has 2 heteroatoms. The van der Waals surface area contributed by atoms with Crippen LogP contribution in [0.2, 0.25) is 0 Å². The van der Waals surface area contributed by atoms with Crippen LogP contribution in [0.25, 0.3) is 0 Å². The third kappa shape index (κ3) is 4.54. The van der Waals surface area contributed by atoms with Crippen molar-refractivity contribution >= 4 is 0 Å². The molecule has 1 N–H and O–H groups in total. The molecule has 19 heavy (non-hydrogen) atoms. The number of rotatable bonds is 8. The van der Waals surface area contributed by atoms with Crippen LogP contribution >= 0.6 is 0 Å². The lowest BCUT2D eigenvalue weighted by atomic mass is 9.94. The Morgan fingerprint density at radius 1 is 1.16 bits per heavy atom. The van der Waals surface area contributed by atoms with Gasteiger partial charge in [-0.1, -0.05) is 39.2 Å². The molecule has 0 aliphatic carbocycles. The fourth-order valence-electron chi connectivity index (χ4n) is 2.75. The number of ether oxygens (including phenoxy) is 1. The van der Waals surface area contributed by atoms with E-state index in [0.717, 1.165) is 12.3 Å². The molecule has 0 spiro atoms. The molecule has 1 rings (SSSR count). The molecule has 1 aromatic rings. The first-order chi connectivity index (χ1) is 9.13. The van der Waals surface area contributed by atoms with Crippen LogP contribution in [-0.4, -0.2) is 13.7 Å². The largest absolute Gasteiger partial charge is 0.496 e. The molecule has 0 fully saturated rings. The lowest BCUT2D eigenvalue weighted by molar-refractivity contribution is 0.392. The van der Waals surface area contributed by atoms with Crippen molar-refractivity contribution in [3.8, 4) is 5.75 Å². The Balaban J connectivity index is 2.99. The van der Waals surface area contributed by atoms with Crippen LogP contribution in [0.5, 0.6) is 5.75 Å². The van der Waals surface area contributed by atoms with Gasteiger partial charge in [0.05, 0.1) is 7.11 Å². The van der Waals surface area contributed by atoms with E-state index < -0.39 is 0 Å². The van der Waals surface area contributed by atoms with Gasteiger partial charge in [0, 0.05) is 11.6 Å². The first kappa shape index (κ1) is 16.0. The molecule has 108 valence electrons. The summed E-state index contributed by atoms with van der Waals surface area (Å²) in [6, 6.07) is 4.81.